The second-order valence-corrected chi connectivity index (χ2v) is 9.01. The largest absolute Gasteiger partial charge is 0.277 e. The smallest absolute Gasteiger partial charge is 0.265 e. The van der Waals surface area contributed by atoms with Crippen molar-refractivity contribution in [3.8, 4) is 5.69 Å². The summed E-state index contributed by atoms with van der Waals surface area (Å²) >= 11 is 0. The molecule has 0 radical (unpaired) electrons. The van der Waals surface area contributed by atoms with Crippen molar-refractivity contribution < 1.29 is 12.8 Å². The molecule has 0 fully saturated rings. The van der Waals surface area contributed by atoms with Crippen molar-refractivity contribution in [3.63, 3.8) is 0 Å². The number of rotatable bonds is 4. The van der Waals surface area contributed by atoms with Gasteiger partial charge in [0.05, 0.1) is 27.2 Å². The van der Waals surface area contributed by atoms with Crippen molar-refractivity contribution in [3.05, 3.63) is 93.8 Å². The summed E-state index contributed by atoms with van der Waals surface area (Å²) < 4.78 is 43.8. The number of fused-ring (bicyclic) bond motifs is 1. The van der Waals surface area contributed by atoms with Gasteiger partial charge in [-0.1, -0.05) is 18.2 Å². The zero-order valence-electron chi connectivity index (χ0n) is 17.2. The molecule has 0 saturated carbocycles. The van der Waals surface area contributed by atoms with Gasteiger partial charge in [-0.15, -0.1) is 0 Å². The van der Waals surface area contributed by atoms with Gasteiger partial charge in [0.1, 0.15) is 11.6 Å². The van der Waals surface area contributed by atoms with E-state index in [1.807, 2.05) is 6.92 Å². The molecule has 0 bridgehead atoms. The van der Waals surface area contributed by atoms with Crippen molar-refractivity contribution >= 4 is 26.6 Å². The summed E-state index contributed by atoms with van der Waals surface area (Å²) in [6.07, 6.45) is 0. The summed E-state index contributed by atoms with van der Waals surface area (Å²) in [6, 6.07) is 15.4. The third kappa shape index (κ3) is 3.82. The van der Waals surface area contributed by atoms with Crippen LogP contribution in [0.4, 0.5) is 10.1 Å². The Labute approximate surface area is 179 Å². The Morgan fingerprint density at radius 3 is 2.42 bits per heavy atom. The first kappa shape index (κ1) is 20.7. The van der Waals surface area contributed by atoms with E-state index in [1.165, 1.54) is 28.8 Å². The SMILES string of the molecule is Cc1ccc(S(=O)(=O)Nc2cc(-n3c(C)nc4ccccc4c3=O)ccc2F)cc1C. The van der Waals surface area contributed by atoms with E-state index in [0.717, 1.165) is 17.2 Å². The lowest BCUT2D eigenvalue weighted by Gasteiger charge is -2.14. The first-order valence-electron chi connectivity index (χ1n) is 9.56. The molecule has 8 heteroatoms. The topological polar surface area (TPSA) is 81.1 Å². The lowest BCUT2D eigenvalue weighted by Crippen LogP contribution is -2.22. The molecule has 4 aromatic rings. The second-order valence-electron chi connectivity index (χ2n) is 7.33. The molecule has 0 unspecified atom stereocenters. The van der Waals surface area contributed by atoms with Crippen LogP contribution >= 0.6 is 0 Å². The van der Waals surface area contributed by atoms with Gasteiger partial charge in [-0.2, -0.15) is 0 Å². The molecule has 0 aliphatic rings. The van der Waals surface area contributed by atoms with Gasteiger partial charge < -0.3 is 0 Å². The second kappa shape index (κ2) is 7.63. The van der Waals surface area contributed by atoms with Gasteiger partial charge in [0.2, 0.25) is 0 Å². The highest BCUT2D eigenvalue weighted by Gasteiger charge is 2.18. The van der Waals surface area contributed by atoms with Gasteiger partial charge in [0.25, 0.3) is 15.6 Å². The van der Waals surface area contributed by atoms with E-state index in [0.29, 0.717) is 22.4 Å². The van der Waals surface area contributed by atoms with Gasteiger partial charge >= 0.3 is 0 Å². The van der Waals surface area contributed by atoms with Crippen LogP contribution < -0.4 is 10.3 Å². The average Bonchev–Trinajstić information content (AvgIpc) is 2.72. The molecule has 158 valence electrons. The molecule has 0 atom stereocenters. The molecular weight excluding hydrogens is 417 g/mol. The molecule has 0 aliphatic carbocycles. The van der Waals surface area contributed by atoms with Gasteiger partial charge in [-0.25, -0.2) is 17.8 Å². The van der Waals surface area contributed by atoms with Crippen molar-refractivity contribution in [2.75, 3.05) is 4.72 Å². The highest BCUT2D eigenvalue weighted by molar-refractivity contribution is 7.92. The van der Waals surface area contributed by atoms with E-state index in [-0.39, 0.29) is 16.1 Å². The minimum Gasteiger partial charge on any atom is -0.277 e. The highest BCUT2D eigenvalue weighted by Crippen LogP contribution is 2.24. The molecule has 0 saturated heterocycles. The fourth-order valence-corrected chi connectivity index (χ4v) is 4.51. The van der Waals surface area contributed by atoms with Crippen LogP contribution in [-0.4, -0.2) is 18.0 Å². The van der Waals surface area contributed by atoms with E-state index in [9.17, 15) is 17.6 Å². The molecule has 0 spiro atoms. The Morgan fingerprint density at radius 1 is 0.935 bits per heavy atom. The minimum atomic E-state index is -4.02. The maximum Gasteiger partial charge on any atom is 0.265 e. The molecular formula is C23H20FN3O3S. The van der Waals surface area contributed by atoms with Crippen molar-refractivity contribution in [1.29, 1.82) is 0 Å². The van der Waals surface area contributed by atoms with E-state index in [1.54, 1.807) is 44.2 Å². The quantitative estimate of drug-likeness (QED) is 0.518. The zero-order chi connectivity index (χ0) is 22.3. The zero-order valence-corrected chi connectivity index (χ0v) is 18.0. The van der Waals surface area contributed by atoms with Crippen molar-refractivity contribution in [2.45, 2.75) is 25.7 Å². The van der Waals surface area contributed by atoms with Gasteiger partial charge in [-0.3, -0.25) is 14.1 Å². The molecule has 1 heterocycles. The first-order valence-corrected chi connectivity index (χ1v) is 11.0. The van der Waals surface area contributed by atoms with Crippen molar-refractivity contribution in [2.24, 2.45) is 0 Å². The minimum absolute atomic E-state index is 0.0288. The lowest BCUT2D eigenvalue weighted by molar-refractivity contribution is 0.598. The van der Waals surface area contributed by atoms with Crippen LogP contribution in [0.1, 0.15) is 17.0 Å². The monoisotopic (exact) mass is 437 g/mol. The predicted molar refractivity (Wildman–Crippen MR) is 119 cm³/mol. The molecule has 1 N–H and O–H groups in total. The summed E-state index contributed by atoms with van der Waals surface area (Å²) in [6.45, 7) is 5.34. The maximum atomic E-state index is 14.5. The van der Waals surface area contributed by atoms with Gasteiger partial charge in [0, 0.05) is 0 Å². The number of halogens is 1. The van der Waals surface area contributed by atoms with Gasteiger partial charge in [0.15, 0.2) is 0 Å². The van der Waals surface area contributed by atoms with Crippen LogP contribution in [0.3, 0.4) is 0 Å². The number of aryl methyl sites for hydroxylation is 3. The summed E-state index contributed by atoms with van der Waals surface area (Å²) in [5, 5.41) is 0.412. The number of hydrogen-bond acceptors (Lipinski definition) is 4. The number of sulfonamides is 1. The summed E-state index contributed by atoms with van der Waals surface area (Å²) in [5.41, 5.74) is 2.04. The third-order valence-corrected chi connectivity index (χ3v) is 6.55. The Kier molecular flexibility index (Phi) is 5.10. The van der Waals surface area contributed by atoms with Crippen LogP contribution in [0, 0.1) is 26.6 Å². The number of nitrogens with zero attached hydrogens (tertiary/aromatic N) is 2. The summed E-state index contributed by atoms with van der Waals surface area (Å²) in [5.74, 6) is -0.353. The number of benzene rings is 3. The fraction of sp³-hybridized carbons (Fsp3) is 0.130. The Balaban J connectivity index is 1.81. The maximum absolute atomic E-state index is 14.5. The number of nitrogens with one attached hydrogen (secondary N) is 1. The Bertz CT molecular complexity index is 1490. The molecule has 31 heavy (non-hydrogen) atoms. The number of hydrogen-bond donors (Lipinski definition) is 1. The predicted octanol–water partition coefficient (Wildman–Crippen LogP) is 4.25. The van der Waals surface area contributed by atoms with E-state index >= 15 is 0 Å². The van der Waals surface area contributed by atoms with Crippen LogP contribution in [0.25, 0.3) is 16.6 Å². The molecule has 4 rings (SSSR count). The Morgan fingerprint density at radius 2 is 1.68 bits per heavy atom. The lowest BCUT2D eigenvalue weighted by atomic mass is 10.1. The number of aromatic nitrogens is 2. The molecule has 0 aliphatic heterocycles. The van der Waals surface area contributed by atoms with Gasteiger partial charge in [-0.05, 0) is 74.4 Å². The number of anilines is 1. The first-order chi connectivity index (χ1) is 14.7. The van der Waals surface area contributed by atoms with E-state index in [2.05, 4.69) is 9.71 Å². The van der Waals surface area contributed by atoms with Crippen LogP contribution in [0.5, 0.6) is 0 Å². The molecule has 0 amide bonds. The summed E-state index contributed by atoms with van der Waals surface area (Å²) in [4.78, 5) is 17.5. The fourth-order valence-electron chi connectivity index (χ4n) is 3.36. The molecule has 6 nitrogen and oxygen atoms in total. The third-order valence-electron chi connectivity index (χ3n) is 5.18. The van der Waals surface area contributed by atoms with Crippen LogP contribution in [0.2, 0.25) is 0 Å². The van der Waals surface area contributed by atoms with Crippen LogP contribution in [0.15, 0.2) is 70.4 Å². The van der Waals surface area contributed by atoms with Crippen LogP contribution in [-0.2, 0) is 10.0 Å². The average molecular weight is 437 g/mol. The molecule has 3 aromatic carbocycles. The van der Waals surface area contributed by atoms with E-state index in [4.69, 9.17) is 0 Å². The summed E-state index contributed by atoms with van der Waals surface area (Å²) in [7, 11) is -4.02. The number of para-hydroxylation sites is 1. The highest BCUT2D eigenvalue weighted by atomic mass is 32.2. The normalized spacial score (nSPS) is 11.6. The van der Waals surface area contributed by atoms with E-state index < -0.39 is 15.8 Å². The Hall–Kier alpha value is -3.52. The van der Waals surface area contributed by atoms with Crippen molar-refractivity contribution in [1.82, 2.24) is 9.55 Å². The molecule has 1 aromatic heterocycles. The standard InChI is InChI=1S/C23H20FN3O3S/c1-14-8-10-18(12-15(14)2)31(29,30)26-22-13-17(9-11-20(22)24)27-16(3)25-21-7-5-4-6-19(21)23(27)28/h4-13,26H,1-3H3.